The lowest BCUT2D eigenvalue weighted by Gasteiger charge is -2.15. The van der Waals surface area contributed by atoms with Gasteiger partial charge in [0.1, 0.15) is 6.61 Å². The Balaban J connectivity index is 2.01. The summed E-state index contributed by atoms with van der Waals surface area (Å²) in [4.78, 5) is 6.04. The minimum atomic E-state index is 0.202. The van der Waals surface area contributed by atoms with Gasteiger partial charge in [-0.2, -0.15) is 0 Å². The normalized spacial score (nSPS) is 12.1. The van der Waals surface area contributed by atoms with Crippen molar-refractivity contribution in [1.82, 2.24) is 10.6 Å². The summed E-state index contributed by atoms with van der Waals surface area (Å²) in [6.45, 7) is 6.62. The fourth-order valence-corrected chi connectivity index (χ4v) is 3.27. The number of ether oxygens (including phenoxy) is 2. The first-order valence-corrected chi connectivity index (χ1v) is 9.84. The second-order valence-corrected chi connectivity index (χ2v) is 6.95. The van der Waals surface area contributed by atoms with Gasteiger partial charge in [-0.3, -0.25) is 0 Å². The van der Waals surface area contributed by atoms with Gasteiger partial charge in [-0.25, -0.2) is 4.99 Å². The van der Waals surface area contributed by atoms with Crippen molar-refractivity contribution in [3.8, 4) is 23.8 Å². The topological polar surface area (TPSA) is 54.9 Å². The van der Waals surface area contributed by atoms with E-state index in [9.17, 15) is 0 Å². The van der Waals surface area contributed by atoms with Crippen LogP contribution in [0.1, 0.15) is 30.2 Å². The molecule has 1 heterocycles. The van der Waals surface area contributed by atoms with Crippen LogP contribution >= 0.6 is 11.3 Å². The SMILES string of the molecule is C#CCOc1cc(CN=C(NCC)NCC(C)c2cccs2)ccc1OC. The highest BCUT2D eigenvalue weighted by molar-refractivity contribution is 7.10. The molecule has 2 N–H and O–H groups in total. The molecule has 6 heteroatoms. The Bertz CT molecular complexity index is 766. The highest BCUT2D eigenvalue weighted by Gasteiger charge is 2.08. The minimum Gasteiger partial charge on any atom is -0.493 e. The molecule has 5 nitrogen and oxygen atoms in total. The second kappa shape index (κ2) is 11.1. The molecule has 2 rings (SSSR count). The number of benzene rings is 1. The van der Waals surface area contributed by atoms with Gasteiger partial charge in [-0.15, -0.1) is 17.8 Å². The average molecular weight is 386 g/mol. The summed E-state index contributed by atoms with van der Waals surface area (Å²) in [5.41, 5.74) is 1.02. The summed E-state index contributed by atoms with van der Waals surface area (Å²) in [5, 5.41) is 8.80. The average Bonchev–Trinajstić information content (AvgIpc) is 3.23. The van der Waals surface area contributed by atoms with E-state index in [2.05, 4.69) is 52.9 Å². The van der Waals surface area contributed by atoms with Crippen molar-refractivity contribution in [1.29, 1.82) is 0 Å². The van der Waals surface area contributed by atoms with E-state index in [1.54, 1.807) is 18.4 Å². The molecule has 0 amide bonds. The van der Waals surface area contributed by atoms with Crippen LogP contribution < -0.4 is 20.1 Å². The van der Waals surface area contributed by atoms with Crippen molar-refractivity contribution in [2.75, 3.05) is 26.8 Å². The number of hydrogen-bond acceptors (Lipinski definition) is 4. The summed E-state index contributed by atoms with van der Waals surface area (Å²) in [6.07, 6.45) is 5.28. The summed E-state index contributed by atoms with van der Waals surface area (Å²) in [6, 6.07) is 10.0. The largest absolute Gasteiger partial charge is 0.493 e. The van der Waals surface area contributed by atoms with E-state index in [4.69, 9.17) is 15.9 Å². The van der Waals surface area contributed by atoms with Crippen LogP contribution in [0.2, 0.25) is 0 Å². The number of hydrogen-bond donors (Lipinski definition) is 2. The third kappa shape index (κ3) is 6.54. The molecule has 2 aromatic rings. The third-order valence-electron chi connectivity index (χ3n) is 3.91. The predicted molar refractivity (Wildman–Crippen MR) is 113 cm³/mol. The lowest BCUT2D eigenvalue weighted by molar-refractivity contribution is 0.330. The Morgan fingerprint density at radius 1 is 1.30 bits per heavy atom. The number of thiophene rings is 1. The Labute approximate surface area is 165 Å². The Morgan fingerprint density at radius 2 is 2.15 bits per heavy atom. The van der Waals surface area contributed by atoms with Gasteiger partial charge >= 0.3 is 0 Å². The van der Waals surface area contributed by atoms with Crippen LogP contribution in [0.15, 0.2) is 40.7 Å². The molecule has 0 saturated heterocycles. The minimum absolute atomic E-state index is 0.202. The van der Waals surface area contributed by atoms with Gasteiger partial charge in [0.25, 0.3) is 0 Å². The maximum Gasteiger partial charge on any atom is 0.191 e. The fraction of sp³-hybridized carbons (Fsp3) is 0.381. The van der Waals surface area contributed by atoms with E-state index in [-0.39, 0.29) is 6.61 Å². The molecule has 144 valence electrons. The molecule has 0 saturated carbocycles. The molecule has 0 radical (unpaired) electrons. The van der Waals surface area contributed by atoms with Gasteiger partial charge < -0.3 is 20.1 Å². The third-order valence-corrected chi connectivity index (χ3v) is 5.01. The van der Waals surface area contributed by atoms with Crippen molar-refractivity contribution < 1.29 is 9.47 Å². The molecular weight excluding hydrogens is 358 g/mol. The second-order valence-electron chi connectivity index (χ2n) is 5.97. The smallest absolute Gasteiger partial charge is 0.191 e. The van der Waals surface area contributed by atoms with E-state index in [0.717, 1.165) is 24.6 Å². The zero-order valence-corrected chi connectivity index (χ0v) is 16.9. The van der Waals surface area contributed by atoms with Crippen molar-refractivity contribution in [2.45, 2.75) is 26.3 Å². The maximum absolute atomic E-state index is 5.55. The van der Waals surface area contributed by atoms with Gasteiger partial charge in [0.05, 0.1) is 13.7 Å². The summed E-state index contributed by atoms with van der Waals surface area (Å²) in [7, 11) is 1.61. The summed E-state index contributed by atoms with van der Waals surface area (Å²) in [5.74, 6) is 4.98. The van der Waals surface area contributed by atoms with Crippen LogP contribution in [0, 0.1) is 12.3 Å². The Morgan fingerprint density at radius 3 is 2.81 bits per heavy atom. The fourth-order valence-electron chi connectivity index (χ4n) is 2.49. The predicted octanol–water partition coefficient (Wildman–Crippen LogP) is 3.63. The first kappa shape index (κ1) is 20.7. The molecule has 27 heavy (non-hydrogen) atoms. The summed E-state index contributed by atoms with van der Waals surface area (Å²) < 4.78 is 10.9. The summed E-state index contributed by atoms with van der Waals surface area (Å²) >= 11 is 1.78. The van der Waals surface area contributed by atoms with E-state index < -0.39 is 0 Å². The molecule has 1 atom stereocenters. The zero-order valence-electron chi connectivity index (χ0n) is 16.1. The van der Waals surface area contributed by atoms with Gasteiger partial charge in [-0.1, -0.05) is 25.0 Å². The van der Waals surface area contributed by atoms with Gasteiger partial charge in [0, 0.05) is 23.9 Å². The Hall–Kier alpha value is -2.65. The molecule has 1 unspecified atom stereocenters. The molecule has 0 fully saturated rings. The van der Waals surface area contributed by atoms with Crippen LogP contribution in [-0.4, -0.2) is 32.8 Å². The number of terminal acetylenes is 1. The molecule has 0 aliphatic carbocycles. The number of guanidine groups is 1. The van der Waals surface area contributed by atoms with Crippen LogP contribution in [0.5, 0.6) is 11.5 Å². The van der Waals surface area contributed by atoms with Gasteiger partial charge in [0.2, 0.25) is 0 Å². The number of nitrogens with one attached hydrogen (secondary N) is 2. The molecule has 0 aliphatic heterocycles. The van der Waals surface area contributed by atoms with Crippen molar-refractivity contribution in [2.24, 2.45) is 4.99 Å². The number of rotatable bonds is 9. The van der Waals surface area contributed by atoms with Crippen LogP contribution in [0.25, 0.3) is 0 Å². The Kier molecular flexibility index (Phi) is 8.53. The van der Waals surface area contributed by atoms with E-state index in [1.807, 2.05) is 18.2 Å². The van der Waals surface area contributed by atoms with Crippen LogP contribution in [0.4, 0.5) is 0 Å². The van der Waals surface area contributed by atoms with Crippen LogP contribution in [0.3, 0.4) is 0 Å². The van der Waals surface area contributed by atoms with Crippen molar-refractivity contribution in [3.63, 3.8) is 0 Å². The highest BCUT2D eigenvalue weighted by atomic mass is 32.1. The van der Waals surface area contributed by atoms with E-state index in [1.165, 1.54) is 4.88 Å². The van der Waals surface area contributed by atoms with Crippen LogP contribution in [-0.2, 0) is 6.54 Å². The number of methoxy groups -OCH3 is 1. The van der Waals surface area contributed by atoms with Gasteiger partial charge in [0.15, 0.2) is 17.5 Å². The molecular formula is C21H27N3O2S. The van der Waals surface area contributed by atoms with Crippen molar-refractivity contribution in [3.05, 3.63) is 46.2 Å². The number of nitrogens with zero attached hydrogens (tertiary/aromatic N) is 1. The molecule has 1 aromatic heterocycles. The van der Waals surface area contributed by atoms with E-state index in [0.29, 0.717) is 24.0 Å². The highest BCUT2D eigenvalue weighted by Crippen LogP contribution is 2.28. The van der Waals surface area contributed by atoms with Gasteiger partial charge in [-0.05, 0) is 36.1 Å². The van der Waals surface area contributed by atoms with Crippen molar-refractivity contribution >= 4 is 17.3 Å². The first-order chi connectivity index (χ1) is 13.2. The first-order valence-electron chi connectivity index (χ1n) is 8.96. The standard InChI is InChI=1S/C21H27N3O2S/c1-5-11-26-19-13-17(9-10-18(19)25-4)15-24-21(22-6-2)23-14-16(3)20-8-7-12-27-20/h1,7-10,12-13,16H,6,11,14-15H2,2-4H3,(H2,22,23,24). The number of aliphatic imine (C=N–C) groups is 1. The lowest BCUT2D eigenvalue weighted by atomic mass is 10.1. The molecule has 0 bridgehead atoms. The maximum atomic E-state index is 5.55. The zero-order chi connectivity index (χ0) is 19.5. The quantitative estimate of drug-likeness (QED) is 0.393. The van der Waals surface area contributed by atoms with E-state index >= 15 is 0 Å². The molecule has 0 aliphatic rings. The molecule has 1 aromatic carbocycles. The molecule has 0 spiro atoms. The monoisotopic (exact) mass is 385 g/mol. The lowest BCUT2D eigenvalue weighted by Crippen LogP contribution is -2.39.